The van der Waals surface area contributed by atoms with E-state index in [1.54, 1.807) is 23.0 Å². The highest BCUT2D eigenvalue weighted by molar-refractivity contribution is 6.38. The Morgan fingerprint density at radius 3 is 2.76 bits per heavy atom. The smallest absolute Gasteiger partial charge is 0.290 e. The number of nitrogens with one attached hydrogen (secondary N) is 1. The lowest BCUT2D eigenvalue weighted by atomic mass is 10.0. The van der Waals surface area contributed by atoms with E-state index < -0.39 is 0 Å². The maximum Gasteiger partial charge on any atom is 0.290 e. The van der Waals surface area contributed by atoms with Crippen LogP contribution in [0.15, 0.2) is 58.1 Å². The van der Waals surface area contributed by atoms with E-state index in [1.165, 1.54) is 0 Å². The fourth-order valence-corrected chi connectivity index (χ4v) is 5.06. The first-order chi connectivity index (χ1) is 17.9. The number of benzene rings is 2. The van der Waals surface area contributed by atoms with E-state index in [0.717, 1.165) is 22.1 Å². The number of rotatable bonds is 4. The fourth-order valence-electron chi connectivity index (χ4n) is 4.87. The van der Waals surface area contributed by atoms with Crippen LogP contribution in [0.3, 0.4) is 0 Å². The number of nitrogens with zero attached hydrogens (tertiary/aromatic N) is 3. The summed E-state index contributed by atoms with van der Waals surface area (Å²) in [4.78, 5) is 34.7. The second kappa shape index (κ2) is 10.3. The molecule has 5 rings (SSSR count). The normalized spacial score (nSPS) is 18.1. The summed E-state index contributed by atoms with van der Waals surface area (Å²) in [6.07, 6.45) is 2.53. The van der Waals surface area contributed by atoms with Gasteiger partial charge in [0.25, 0.3) is 11.8 Å². The predicted molar refractivity (Wildman–Crippen MR) is 144 cm³/mol. The van der Waals surface area contributed by atoms with Crippen molar-refractivity contribution in [1.82, 2.24) is 15.1 Å². The van der Waals surface area contributed by atoms with Crippen molar-refractivity contribution < 1.29 is 18.7 Å². The van der Waals surface area contributed by atoms with Gasteiger partial charge in [0.15, 0.2) is 11.6 Å². The standard InChI is InChI=1S/C28H29ClN4O4/c1-17-16-32(27(34)25-18(2)23-8-7-22(36-3)14-24(23)37-25)11-12-33(17)28(35)26-30-10-9-20(15-31-26)19-5-4-6-21(29)13-19/h4-8,13-15,17H,9-12,16H2,1-3H3,(H,30,31). The van der Waals surface area contributed by atoms with Crippen molar-refractivity contribution in [1.29, 1.82) is 0 Å². The number of amidine groups is 1. The van der Waals surface area contributed by atoms with Crippen LogP contribution in [-0.4, -0.2) is 66.8 Å². The highest BCUT2D eigenvalue weighted by Crippen LogP contribution is 2.30. The lowest BCUT2D eigenvalue weighted by Gasteiger charge is -2.39. The molecule has 1 unspecified atom stereocenters. The summed E-state index contributed by atoms with van der Waals surface area (Å²) in [6, 6.07) is 13.0. The van der Waals surface area contributed by atoms with Gasteiger partial charge in [0.05, 0.1) is 7.11 Å². The largest absolute Gasteiger partial charge is 0.497 e. The molecule has 2 amide bonds. The monoisotopic (exact) mass is 520 g/mol. The second-order valence-corrected chi connectivity index (χ2v) is 9.76. The zero-order valence-corrected chi connectivity index (χ0v) is 21.8. The SMILES string of the molecule is COc1ccc2c(C)c(C(=O)N3CCN(C(=O)C4=NCCC(c5cccc(Cl)c5)=CN4)C(C)C3)oc2c1. The number of aryl methyl sites for hydroxylation is 1. The minimum atomic E-state index is -0.181. The van der Waals surface area contributed by atoms with Crippen molar-refractivity contribution >= 4 is 45.8 Å². The molecule has 2 aliphatic rings. The first kappa shape index (κ1) is 24.9. The van der Waals surface area contributed by atoms with Crippen LogP contribution in [0.2, 0.25) is 5.02 Å². The molecule has 9 heteroatoms. The highest BCUT2D eigenvalue weighted by Gasteiger charge is 2.34. The number of piperazine rings is 1. The maximum absolute atomic E-state index is 13.4. The predicted octanol–water partition coefficient (Wildman–Crippen LogP) is 4.51. The van der Waals surface area contributed by atoms with Crippen LogP contribution in [0.25, 0.3) is 16.5 Å². The molecular weight excluding hydrogens is 492 g/mol. The topological polar surface area (TPSA) is 87.4 Å². The average Bonchev–Trinajstić information content (AvgIpc) is 3.06. The van der Waals surface area contributed by atoms with E-state index in [0.29, 0.717) is 60.6 Å². The summed E-state index contributed by atoms with van der Waals surface area (Å²) in [5.41, 5.74) is 3.46. The van der Waals surface area contributed by atoms with Crippen molar-refractivity contribution in [3.05, 3.63) is 70.6 Å². The Balaban J connectivity index is 1.26. The third-order valence-corrected chi connectivity index (χ3v) is 7.18. The number of fused-ring (bicyclic) bond motifs is 1. The van der Waals surface area contributed by atoms with Crippen LogP contribution in [0, 0.1) is 6.92 Å². The number of hydrogen-bond donors (Lipinski definition) is 1. The summed E-state index contributed by atoms with van der Waals surface area (Å²) in [5, 5.41) is 4.66. The Labute approximate surface area is 220 Å². The maximum atomic E-state index is 13.4. The molecule has 1 N–H and O–H groups in total. The number of methoxy groups -OCH3 is 1. The van der Waals surface area contributed by atoms with Gasteiger partial charge in [0.2, 0.25) is 0 Å². The minimum absolute atomic E-state index is 0.171. The number of ether oxygens (including phenoxy) is 1. The van der Waals surface area contributed by atoms with Gasteiger partial charge < -0.3 is 24.3 Å². The first-order valence-corrected chi connectivity index (χ1v) is 12.7. The van der Waals surface area contributed by atoms with Crippen LogP contribution >= 0.6 is 11.6 Å². The van der Waals surface area contributed by atoms with Gasteiger partial charge in [-0.3, -0.25) is 14.6 Å². The lowest BCUT2D eigenvalue weighted by molar-refractivity contribution is -0.128. The molecular formula is C28H29ClN4O4. The number of carbonyl (C=O) groups is 2. The van der Waals surface area contributed by atoms with Crippen molar-refractivity contribution in [2.45, 2.75) is 26.3 Å². The molecule has 0 spiro atoms. The number of carbonyl (C=O) groups excluding carboxylic acids is 2. The van der Waals surface area contributed by atoms with Crippen LogP contribution in [-0.2, 0) is 4.79 Å². The number of hydrogen-bond acceptors (Lipinski definition) is 6. The summed E-state index contributed by atoms with van der Waals surface area (Å²) in [6.45, 7) is 5.54. The molecule has 1 saturated heterocycles. The minimum Gasteiger partial charge on any atom is -0.497 e. The molecule has 37 heavy (non-hydrogen) atoms. The van der Waals surface area contributed by atoms with Gasteiger partial charge in [-0.15, -0.1) is 0 Å². The highest BCUT2D eigenvalue weighted by atomic mass is 35.5. The Kier molecular flexibility index (Phi) is 6.93. The molecule has 1 fully saturated rings. The molecule has 2 aromatic carbocycles. The zero-order chi connectivity index (χ0) is 26.1. The quantitative estimate of drug-likeness (QED) is 0.547. The van der Waals surface area contributed by atoms with Crippen LogP contribution in [0.4, 0.5) is 0 Å². The van der Waals surface area contributed by atoms with Crippen LogP contribution in [0.1, 0.15) is 35.0 Å². The van der Waals surface area contributed by atoms with Crippen LogP contribution < -0.4 is 10.1 Å². The molecule has 8 nitrogen and oxygen atoms in total. The number of halogens is 1. The first-order valence-electron chi connectivity index (χ1n) is 12.3. The van der Waals surface area contributed by atoms with Gasteiger partial charge in [-0.2, -0.15) is 0 Å². The lowest BCUT2D eigenvalue weighted by Crippen LogP contribution is -2.57. The number of aliphatic imine (C=N–C) groups is 1. The van der Waals surface area contributed by atoms with E-state index in [9.17, 15) is 9.59 Å². The Bertz CT molecular complexity index is 1430. The fraction of sp³-hybridized carbons (Fsp3) is 0.321. The van der Waals surface area contributed by atoms with Crippen molar-refractivity contribution in [2.24, 2.45) is 4.99 Å². The molecule has 192 valence electrons. The zero-order valence-electron chi connectivity index (χ0n) is 21.1. The van der Waals surface area contributed by atoms with E-state index in [2.05, 4.69) is 10.3 Å². The van der Waals surface area contributed by atoms with Crippen molar-refractivity contribution in [2.75, 3.05) is 33.3 Å². The molecule has 1 atom stereocenters. The number of furan rings is 1. The summed E-state index contributed by atoms with van der Waals surface area (Å²) in [5.74, 6) is 0.959. The summed E-state index contributed by atoms with van der Waals surface area (Å²) < 4.78 is 11.2. The van der Waals surface area contributed by atoms with Crippen molar-refractivity contribution in [3.63, 3.8) is 0 Å². The van der Waals surface area contributed by atoms with E-state index >= 15 is 0 Å². The van der Waals surface area contributed by atoms with E-state index in [4.69, 9.17) is 20.8 Å². The Morgan fingerprint density at radius 1 is 1.16 bits per heavy atom. The van der Waals surface area contributed by atoms with Gasteiger partial charge >= 0.3 is 0 Å². The van der Waals surface area contributed by atoms with Gasteiger partial charge in [0.1, 0.15) is 11.3 Å². The van der Waals surface area contributed by atoms with Gasteiger partial charge in [0, 0.05) is 60.5 Å². The van der Waals surface area contributed by atoms with E-state index in [1.807, 2.05) is 56.4 Å². The summed E-state index contributed by atoms with van der Waals surface area (Å²) >= 11 is 6.14. The van der Waals surface area contributed by atoms with Crippen LogP contribution in [0.5, 0.6) is 5.75 Å². The van der Waals surface area contributed by atoms with E-state index in [-0.39, 0.29) is 17.9 Å². The van der Waals surface area contributed by atoms with Gasteiger partial charge in [-0.25, -0.2) is 0 Å². The molecule has 0 bridgehead atoms. The van der Waals surface area contributed by atoms with Crippen molar-refractivity contribution in [3.8, 4) is 5.75 Å². The number of amides is 2. The molecule has 0 saturated carbocycles. The molecule has 0 radical (unpaired) electrons. The Morgan fingerprint density at radius 2 is 2.00 bits per heavy atom. The average molecular weight is 521 g/mol. The third kappa shape index (κ3) is 4.93. The molecule has 1 aromatic heterocycles. The van der Waals surface area contributed by atoms with Gasteiger partial charge in [-0.1, -0.05) is 23.7 Å². The Hall–Kier alpha value is -3.78. The molecule has 3 aromatic rings. The third-order valence-electron chi connectivity index (χ3n) is 6.95. The molecule has 2 aliphatic heterocycles. The van der Waals surface area contributed by atoms with Gasteiger partial charge in [-0.05, 0) is 55.7 Å². The molecule has 3 heterocycles. The summed E-state index contributed by atoms with van der Waals surface area (Å²) in [7, 11) is 1.59. The second-order valence-electron chi connectivity index (χ2n) is 9.32. The molecule has 0 aliphatic carbocycles.